The fraction of sp³-hybridized carbons (Fsp3) is 0.667. The molecule has 0 amide bonds. The number of hydrogen-bond acceptors (Lipinski definition) is 3. The van der Waals surface area contributed by atoms with E-state index in [-0.39, 0.29) is 0 Å². The Morgan fingerprint density at radius 2 is 2.58 bits per heavy atom. The van der Waals surface area contributed by atoms with Crippen molar-refractivity contribution in [2.45, 2.75) is 19.8 Å². The number of anilines is 1. The molecule has 1 aromatic rings. The van der Waals surface area contributed by atoms with Crippen molar-refractivity contribution in [2.75, 3.05) is 11.9 Å². The summed E-state index contributed by atoms with van der Waals surface area (Å²) in [6.45, 7) is 3.40. The zero-order valence-corrected chi connectivity index (χ0v) is 8.10. The van der Waals surface area contributed by atoms with Crippen LogP contribution < -0.4 is 5.32 Å². The van der Waals surface area contributed by atoms with Crippen molar-refractivity contribution in [3.63, 3.8) is 0 Å². The monoisotopic (exact) mass is 182 g/mol. The number of rotatable bonds is 4. The Morgan fingerprint density at radius 1 is 1.75 bits per heavy atom. The van der Waals surface area contributed by atoms with Gasteiger partial charge >= 0.3 is 0 Å². The lowest BCUT2D eigenvalue weighted by Gasteiger charge is -2.09. The maximum Gasteiger partial charge on any atom is 0.182 e. The summed E-state index contributed by atoms with van der Waals surface area (Å²) >= 11 is 1.67. The molecule has 1 heterocycles. The van der Waals surface area contributed by atoms with Gasteiger partial charge in [-0.3, -0.25) is 0 Å². The van der Waals surface area contributed by atoms with Crippen LogP contribution in [-0.2, 0) is 0 Å². The first kappa shape index (κ1) is 8.05. The van der Waals surface area contributed by atoms with Crippen LogP contribution in [0.15, 0.2) is 11.6 Å². The Hall–Kier alpha value is -0.570. The van der Waals surface area contributed by atoms with Gasteiger partial charge in [0, 0.05) is 18.1 Å². The fourth-order valence-corrected chi connectivity index (χ4v) is 1.93. The van der Waals surface area contributed by atoms with Crippen molar-refractivity contribution in [3.8, 4) is 0 Å². The van der Waals surface area contributed by atoms with E-state index < -0.39 is 0 Å². The molecular formula is C9H14N2S. The summed E-state index contributed by atoms with van der Waals surface area (Å²) in [7, 11) is 0. The third kappa shape index (κ3) is 1.97. The molecule has 1 aliphatic carbocycles. The molecule has 0 aromatic carbocycles. The highest BCUT2D eigenvalue weighted by molar-refractivity contribution is 7.13. The van der Waals surface area contributed by atoms with E-state index in [4.69, 9.17) is 0 Å². The number of aromatic nitrogens is 1. The second-order valence-corrected chi connectivity index (χ2v) is 4.43. The highest BCUT2D eigenvalue weighted by Gasteiger charge is 2.27. The van der Waals surface area contributed by atoms with Gasteiger partial charge in [-0.05, 0) is 24.7 Å². The maximum atomic E-state index is 4.18. The van der Waals surface area contributed by atoms with Crippen LogP contribution in [0.1, 0.15) is 19.8 Å². The maximum absolute atomic E-state index is 4.18. The summed E-state index contributed by atoms with van der Waals surface area (Å²) in [5.41, 5.74) is 0. The predicted octanol–water partition coefficient (Wildman–Crippen LogP) is 2.60. The van der Waals surface area contributed by atoms with Crippen molar-refractivity contribution < 1.29 is 0 Å². The average molecular weight is 182 g/mol. The molecule has 66 valence electrons. The molecule has 12 heavy (non-hydrogen) atoms. The average Bonchev–Trinajstić information content (AvgIpc) is 2.80. The molecule has 1 atom stereocenters. The van der Waals surface area contributed by atoms with Gasteiger partial charge in [-0.2, -0.15) is 0 Å². The highest BCUT2D eigenvalue weighted by Crippen LogP contribution is 2.36. The molecule has 1 saturated carbocycles. The Bertz CT molecular complexity index is 229. The van der Waals surface area contributed by atoms with Crippen LogP contribution in [0.4, 0.5) is 5.13 Å². The Labute approximate surface area is 77.0 Å². The van der Waals surface area contributed by atoms with Crippen LogP contribution in [0, 0.1) is 11.8 Å². The van der Waals surface area contributed by atoms with Gasteiger partial charge in [0.05, 0.1) is 0 Å². The molecular weight excluding hydrogens is 168 g/mol. The molecule has 2 nitrogen and oxygen atoms in total. The van der Waals surface area contributed by atoms with Crippen molar-refractivity contribution in [1.82, 2.24) is 4.98 Å². The standard InChI is InChI=1S/C9H14N2S/c1-7(8-2-3-8)6-11-9-10-4-5-12-9/h4-5,7-8H,2-3,6H2,1H3,(H,10,11). The summed E-state index contributed by atoms with van der Waals surface area (Å²) in [6, 6.07) is 0. The molecule has 0 saturated heterocycles. The lowest BCUT2D eigenvalue weighted by atomic mass is 10.1. The van der Waals surface area contributed by atoms with Crippen molar-refractivity contribution in [1.29, 1.82) is 0 Å². The summed E-state index contributed by atoms with van der Waals surface area (Å²) in [5, 5.41) is 6.42. The van der Waals surface area contributed by atoms with Gasteiger partial charge in [-0.1, -0.05) is 6.92 Å². The molecule has 0 bridgehead atoms. The van der Waals surface area contributed by atoms with Gasteiger partial charge in [0.15, 0.2) is 5.13 Å². The second kappa shape index (κ2) is 3.44. The third-order valence-electron chi connectivity index (χ3n) is 2.43. The zero-order valence-electron chi connectivity index (χ0n) is 7.29. The van der Waals surface area contributed by atoms with Crippen LogP contribution in [0.5, 0.6) is 0 Å². The number of nitrogens with zero attached hydrogens (tertiary/aromatic N) is 1. The van der Waals surface area contributed by atoms with Crippen molar-refractivity contribution in [2.24, 2.45) is 11.8 Å². The minimum atomic E-state index is 0.814. The Kier molecular flexibility index (Phi) is 2.30. The smallest absolute Gasteiger partial charge is 0.182 e. The molecule has 1 aliphatic rings. The number of hydrogen-bond donors (Lipinski definition) is 1. The molecule has 2 rings (SSSR count). The first-order valence-corrected chi connectivity index (χ1v) is 5.37. The number of thiazole rings is 1. The van der Waals surface area contributed by atoms with Crippen molar-refractivity contribution >= 4 is 16.5 Å². The summed E-state index contributed by atoms with van der Waals surface area (Å²) < 4.78 is 0. The van der Waals surface area contributed by atoms with Gasteiger partial charge in [0.2, 0.25) is 0 Å². The van der Waals surface area contributed by atoms with E-state index in [1.165, 1.54) is 12.8 Å². The van der Waals surface area contributed by atoms with Gasteiger partial charge in [0.25, 0.3) is 0 Å². The lowest BCUT2D eigenvalue weighted by Crippen LogP contribution is -2.12. The van der Waals surface area contributed by atoms with Crippen LogP contribution in [0.2, 0.25) is 0 Å². The van der Waals surface area contributed by atoms with E-state index in [0.717, 1.165) is 23.5 Å². The van der Waals surface area contributed by atoms with Crippen LogP contribution in [0.3, 0.4) is 0 Å². The van der Waals surface area contributed by atoms with Gasteiger partial charge in [-0.25, -0.2) is 4.98 Å². The summed E-state index contributed by atoms with van der Waals surface area (Å²) in [6.07, 6.45) is 4.70. The normalized spacial score (nSPS) is 19.1. The summed E-state index contributed by atoms with van der Waals surface area (Å²) in [4.78, 5) is 4.18. The van der Waals surface area contributed by atoms with E-state index in [1.54, 1.807) is 11.3 Å². The largest absolute Gasteiger partial charge is 0.361 e. The number of nitrogens with one attached hydrogen (secondary N) is 1. The third-order valence-corrected chi connectivity index (χ3v) is 3.17. The topological polar surface area (TPSA) is 24.9 Å². The first-order valence-electron chi connectivity index (χ1n) is 4.49. The van der Waals surface area contributed by atoms with E-state index in [1.807, 2.05) is 11.6 Å². The molecule has 0 spiro atoms. The van der Waals surface area contributed by atoms with Gasteiger partial charge < -0.3 is 5.32 Å². The molecule has 1 fully saturated rings. The van der Waals surface area contributed by atoms with Gasteiger partial charge in [0.1, 0.15) is 0 Å². The quantitative estimate of drug-likeness (QED) is 0.774. The van der Waals surface area contributed by atoms with Crippen LogP contribution >= 0.6 is 11.3 Å². The Morgan fingerprint density at radius 3 is 3.17 bits per heavy atom. The molecule has 1 unspecified atom stereocenters. The lowest BCUT2D eigenvalue weighted by molar-refractivity contribution is 0.536. The fourth-order valence-electron chi connectivity index (χ4n) is 1.39. The van der Waals surface area contributed by atoms with E-state index in [2.05, 4.69) is 17.2 Å². The van der Waals surface area contributed by atoms with E-state index >= 15 is 0 Å². The second-order valence-electron chi connectivity index (χ2n) is 3.53. The molecule has 3 heteroatoms. The van der Waals surface area contributed by atoms with Gasteiger partial charge in [-0.15, -0.1) is 11.3 Å². The minimum absolute atomic E-state index is 0.814. The van der Waals surface area contributed by atoms with E-state index in [0.29, 0.717) is 0 Å². The summed E-state index contributed by atoms with van der Waals surface area (Å²) in [5.74, 6) is 1.80. The molecule has 0 aliphatic heterocycles. The SMILES string of the molecule is CC(CNc1nccs1)C1CC1. The Balaban J connectivity index is 1.74. The van der Waals surface area contributed by atoms with Crippen LogP contribution in [0.25, 0.3) is 0 Å². The predicted molar refractivity (Wildman–Crippen MR) is 52.5 cm³/mol. The molecule has 0 radical (unpaired) electrons. The van der Waals surface area contributed by atoms with Crippen molar-refractivity contribution in [3.05, 3.63) is 11.6 Å². The molecule has 1 aromatic heterocycles. The zero-order chi connectivity index (χ0) is 8.39. The van der Waals surface area contributed by atoms with E-state index in [9.17, 15) is 0 Å². The first-order chi connectivity index (χ1) is 5.86. The molecule has 1 N–H and O–H groups in total. The van der Waals surface area contributed by atoms with Crippen LogP contribution in [-0.4, -0.2) is 11.5 Å². The highest BCUT2D eigenvalue weighted by atomic mass is 32.1. The minimum Gasteiger partial charge on any atom is -0.361 e.